The summed E-state index contributed by atoms with van der Waals surface area (Å²) in [5, 5.41) is 5.46. The van der Waals surface area contributed by atoms with Gasteiger partial charge in [0, 0.05) is 23.4 Å². The van der Waals surface area contributed by atoms with Gasteiger partial charge in [0.05, 0.1) is 12.6 Å². The Kier molecular flexibility index (Phi) is 5.12. The van der Waals surface area contributed by atoms with Crippen LogP contribution in [-0.4, -0.2) is 49.2 Å². The molecule has 6 nitrogen and oxygen atoms in total. The molecular weight excluding hydrogens is 352 g/mol. The van der Waals surface area contributed by atoms with E-state index in [9.17, 15) is 0 Å². The van der Waals surface area contributed by atoms with Crippen molar-refractivity contribution in [2.45, 2.75) is 6.42 Å². The van der Waals surface area contributed by atoms with Crippen LogP contribution in [0.5, 0.6) is 5.75 Å². The summed E-state index contributed by atoms with van der Waals surface area (Å²) < 4.78 is 11.4. The number of para-hydroxylation sites is 1. The van der Waals surface area contributed by atoms with Gasteiger partial charge in [-0.2, -0.15) is 0 Å². The van der Waals surface area contributed by atoms with Crippen molar-refractivity contribution in [3.8, 4) is 17.3 Å². The van der Waals surface area contributed by atoms with Crippen LogP contribution < -0.4 is 10.1 Å². The minimum Gasteiger partial charge on any atom is -0.497 e. The molecule has 0 radical (unpaired) electrons. The summed E-state index contributed by atoms with van der Waals surface area (Å²) in [6, 6.07) is 15.7. The molecule has 4 aromatic rings. The number of ether oxygens (including phenoxy) is 1. The van der Waals surface area contributed by atoms with Gasteiger partial charge in [-0.15, -0.1) is 0 Å². The molecule has 0 atom stereocenters. The number of nitrogens with one attached hydrogen (secondary N) is 1. The highest BCUT2D eigenvalue weighted by Gasteiger charge is 2.14. The number of furan rings is 1. The molecular formula is C22H24N4O2. The van der Waals surface area contributed by atoms with Gasteiger partial charge < -0.3 is 19.4 Å². The number of hydrogen-bond donors (Lipinski definition) is 1. The molecule has 0 aliphatic carbocycles. The topological polar surface area (TPSA) is 63.4 Å². The van der Waals surface area contributed by atoms with E-state index < -0.39 is 0 Å². The zero-order chi connectivity index (χ0) is 19.5. The van der Waals surface area contributed by atoms with E-state index in [4.69, 9.17) is 19.1 Å². The van der Waals surface area contributed by atoms with Gasteiger partial charge in [-0.1, -0.05) is 18.2 Å². The molecule has 6 heteroatoms. The van der Waals surface area contributed by atoms with Crippen molar-refractivity contribution >= 4 is 27.7 Å². The SMILES string of the molecule is COc1ccc2c(NCCCN(C)C)nc(-c3cc4ccccc4o3)nc2c1. The fraction of sp³-hybridized carbons (Fsp3) is 0.273. The highest BCUT2D eigenvalue weighted by Crippen LogP contribution is 2.30. The normalized spacial score (nSPS) is 11.4. The first kappa shape index (κ1) is 18.3. The Morgan fingerprint density at radius 2 is 1.93 bits per heavy atom. The van der Waals surface area contributed by atoms with Crippen molar-refractivity contribution in [2.24, 2.45) is 0 Å². The van der Waals surface area contributed by atoms with Gasteiger partial charge in [-0.05, 0) is 51.3 Å². The van der Waals surface area contributed by atoms with E-state index in [2.05, 4.69) is 24.3 Å². The Bertz CT molecular complexity index is 1070. The average molecular weight is 376 g/mol. The monoisotopic (exact) mass is 376 g/mol. The van der Waals surface area contributed by atoms with Crippen LogP contribution in [0.2, 0.25) is 0 Å². The lowest BCUT2D eigenvalue weighted by Crippen LogP contribution is -2.16. The number of benzene rings is 2. The van der Waals surface area contributed by atoms with Crippen LogP contribution in [0.25, 0.3) is 33.5 Å². The molecule has 0 spiro atoms. The quantitative estimate of drug-likeness (QED) is 0.482. The zero-order valence-electron chi connectivity index (χ0n) is 16.4. The average Bonchev–Trinajstić information content (AvgIpc) is 3.14. The third-order valence-electron chi connectivity index (χ3n) is 4.62. The summed E-state index contributed by atoms with van der Waals surface area (Å²) in [4.78, 5) is 11.7. The summed E-state index contributed by atoms with van der Waals surface area (Å²) in [5.74, 6) is 2.79. The number of rotatable bonds is 7. The molecule has 0 fully saturated rings. The number of fused-ring (bicyclic) bond motifs is 2. The maximum atomic E-state index is 5.98. The first-order chi connectivity index (χ1) is 13.6. The van der Waals surface area contributed by atoms with Crippen LogP contribution in [0.15, 0.2) is 52.9 Å². The van der Waals surface area contributed by atoms with Crippen molar-refractivity contribution < 1.29 is 9.15 Å². The Morgan fingerprint density at radius 3 is 2.71 bits per heavy atom. The summed E-state index contributed by atoms with van der Waals surface area (Å²) in [6.07, 6.45) is 1.02. The molecule has 2 aromatic carbocycles. The minimum atomic E-state index is 0.562. The second-order valence-electron chi connectivity index (χ2n) is 7.01. The molecule has 0 saturated carbocycles. The largest absolute Gasteiger partial charge is 0.497 e. The van der Waals surface area contributed by atoms with Gasteiger partial charge >= 0.3 is 0 Å². The molecule has 28 heavy (non-hydrogen) atoms. The lowest BCUT2D eigenvalue weighted by Gasteiger charge is -2.13. The standard InChI is InChI=1S/C22H24N4O2/c1-26(2)12-6-11-23-21-17-10-9-16(27-3)14-18(17)24-22(25-21)20-13-15-7-4-5-8-19(15)28-20/h4-5,7-10,13-14H,6,11-12H2,1-3H3,(H,23,24,25). The van der Waals surface area contributed by atoms with Crippen LogP contribution in [0.3, 0.4) is 0 Å². The van der Waals surface area contributed by atoms with Gasteiger partial charge in [0.15, 0.2) is 11.6 Å². The van der Waals surface area contributed by atoms with Crippen molar-refractivity contribution in [3.63, 3.8) is 0 Å². The Balaban J connectivity index is 1.75. The second kappa shape index (κ2) is 7.86. The highest BCUT2D eigenvalue weighted by atomic mass is 16.5. The lowest BCUT2D eigenvalue weighted by molar-refractivity contribution is 0.405. The van der Waals surface area contributed by atoms with Crippen LogP contribution >= 0.6 is 0 Å². The molecule has 4 rings (SSSR count). The van der Waals surface area contributed by atoms with E-state index in [0.717, 1.165) is 52.9 Å². The van der Waals surface area contributed by atoms with E-state index in [1.165, 1.54) is 0 Å². The van der Waals surface area contributed by atoms with E-state index in [0.29, 0.717) is 11.6 Å². The number of anilines is 1. The molecule has 144 valence electrons. The van der Waals surface area contributed by atoms with Crippen LogP contribution in [0.1, 0.15) is 6.42 Å². The number of nitrogens with zero attached hydrogens (tertiary/aromatic N) is 3. The molecule has 1 N–H and O–H groups in total. The Labute approximate surface area is 164 Å². The molecule has 2 aromatic heterocycles. The van der Waals surface area contributed by atoms with Gasteiger partial charge in [0.1, 0.15) is 17.2 Å². The first-order valence-electron chi connectivity index (χ1n) is 9.37. The second-order valence-corrected chi connectivity index (χ2v) is 7.01. The molecule has 2 heterocycles. The predicted octanol–water partition coefficient (Wildman–Crippen LogP) is 4.42. The first-order valence-corrected chi connectivity index (χ1v) is 9.37. The molecule has 0 unspecified atom stereocenters. The molecule has 0 aliphatic heterocycles. The van der Waals surface area contributed by atoms with Crippen molar-refractivity contribution in [3.05, 3.63) is 48.5 Å². The minimum absolute atomic E-state index is 0.562. The smallest absolute Gasteiger partial charge is 0.198 e. The van der Waals surface area contributed by atoms with E-state index >= 15 is 0 Å². The lowest BCUT2D eigenvalue weighted by atomic mass is 10.2. The van der Waals surface area contributed by atoms with Gasteiger partial charge in [0.25, 0.3) is 0 Å². The fourth-order valence-electron chi connectivity index (χ4n) is 3.18. The third-order valence-corrected chi connectivity index (χ3v) is 4.62. The molecule has 0 saturated heterocycles. The third kappa shape index (κ3) is 3.77. The van der Waals surface area contributed by atoms with Crippen molar-refractivity contribution in [1.29, 1.82) is 0 Å². The summed E-state index contributed by atoms with van der Waals surface area (Å²) in [6.45, 7) is 1.84. The molecule has 0 amide bonds. The van der Waals surface area contributed by atoms with Gasteiger partial charge in [0.2, 0.25) is 0 Å². The van der Waals surface area contributed by atoms with E-state index in [1.807, 2.05) is 48.5 Å². The number of aromatic nitrogens is 2. The van der Waals surface area contributed by atoms with E-state index in [-0.39, 0.29) is 0 Å². The van der Waals surface area contributed by atoms with Crippen LogP contribution in [0, 0.1) is 0 Å². The Morgan fingerprint density at radius 1 is 1.07 bits per heavy atom. The predicted molar refractivity (Wildman–Crippen MR) is 113 cm³/mol. The van der Waals surface area contributed by atoms with Crippen LogP contribution in [-0.2, 0) is 0 Å². The molecule has 0 bridgehead atoms. The van der Waals surface area contributed by atoms with Crippen molar-refractivity contribution in [1.82, 2.24) is 14.9 Å². The summed E-state index contributed by atoms with van der Waals surface area (Å²) >= 11 is 0. The maximum absolute atomic E-state index is 5.98. The molecule has 0 aliphatic rings. The highest BCUT2D eigenvalue weighted by molar-refractivity contribution is 5.92. The maximum Gasteiger partial charge on any atom is 0.198 e. The van der Waals surface area contributed by atoms with Crippen LogP contribution in [0.4, 0.5) is 5.82 Å². The summed E-state index contributed by atoms with van der Waals surface area (Å²) in [7, 11) is 5.81. The fourth-order valence-corrected chi connectivity index (χ4v) is 3.18. The van der Waals surface area contributed by atoms with Crippen molar-refractivity contribution in [2.75, 3.05) is 39.6 Å². The number of hydrogen-bond acceptors (Lipinski definition) is 6. The van der Waals surface area contributed by atoms with Gasteiger partial charge in [-0.25, -0.2) is 9.97 Å². The summed E-state index contributed by atoms with van der Waals surface area (Å²) in [5.41, 5.74) is 1.65. The number of methoxy groups -OCH3 is 1. The Hall–Kier alpha value is -3.12. The van der Waals surface area contributed by atoms with E-state index in [1.54, 1.807) is 7.11 Å². The van der Waals surface area contributed by atoms with Gasteiger partial charge in [-0.3, -0.25) is 0 Å². The zero-order valence-corrected chi connectivity index (χ0v) is 16.4.